The van der Waals surface area contributed by atoms with Crippen LogP contribution in [0.3, 0.4) is 0 Å². The zero-order chi connectivity index (χ0) is 14.3. The lowest BCUT2D eigenvalue weighted by Crippen LogP contribution is -2.27. The Bertz CT molecular complexity index is 433. The molecule has 5 nitrogen and oxygen atoms in total. The summed E-state index contributed by atoms with van der Waals surface area (Å²) in [5, 5.41) is 17.3. The van der Waals surface area contributed by atoms with Crippen LogP contribution in [0.5, 0.6) is 0 Å². The zero-order valence-electron chi connectivity index (χ0n) is 10.4. The smallest absolute Gasteiger partial charge is 0.305 e. The Morgan fingerprint density at radius 2 is 1.58 bits per heavy atom. The third-order valence-corrected chi connectivity index (χ3v) is 2.61. The summed E-state index contributed by atoms with van der Waals surface area (Å²) >= 11 is 0. The number of carbonyl (C=O) groups is 2. The summed E-state index contributed by atoms with van der Waals surface area (Å²) < 4.78 is 12.8. The molecule has 19 heavy (non-hydrogen) atoms. The molecule has 0 bridgehead atoms. The molecule has 0 heterocycles. The van der Waals surface area contributed by atoms with Crippen LogP contribution in [-0.2, 0) is 9.59 Å². The van der Waals surface area contributed by atoms with E-state index in [-0.39, 0.29) is 25.2 Å². The van der Waals surface area contributed by atoms with Gasteiger partial charge in [0.05, 0.1) is 6.42 Å². The first-order chi connectivity index (χ1) is 8.99. The normalized spacial score (nSPS) is 10.2. The molecule has 0 amide bonds. The van der Waals surface area contributed by atoms with E-state index in [0.29, 0.717) is 18.7 Å². The van der Waals surface area contributed by atoms with Crippen LogP contribution in [0, 0.1) is 5.82 Å². The Labute approximate surface area is 110 Å². The molecule has 1 aromatic rings. The molecule has 0 aliphatic heterocycles. The van der Waals surface area contributed by atoms with Crippen molar-refractivity contribution in [2.45, 2.75) is 19.3 Å². The van der Waals surface area contributed by atoms with Gasteiger partial charge in [-0.25, -0.2) is 4.39 Å². The van der Waals surface area contributed by atoms with Gasteiger partial charge in [-0.15, -0.1) is 0 Å². The van der Waals surface area contributed by atoms with E-state index in [1.807, 2.05) is 0 Å². The summed E-state index contributed by atoms with van der Waals surface area (Å²) in [6.45, 7) is 0.686. The van der Waals surface area contributed by atoms with Gasteiger partial charge < -0.3 is 15.1 Å². The van der Waals surface area contributed by atoms with Gasteiger partial charge in [-0.05, 0) is 30.7 Å². The first kappa shape index (κ1) is 14.9. The Kier molecular flexibility index (Phi) is 5.78. The highest BCUT2D eigenvalue weighted by Gasteiger charge is 2.09. The number of carboxylic acids is 2. The van der Waals surface area contributed by atoms with Crippen LogP contribution in [0.25, 0.3) is 0 Å². The van der Waals surface area contributed by atoms with E-state index in [0.717, 1.165) is 0 Å². The Balaban J connectivity index is 2.64. The summed E-state index contributed by atoms with van der Waals surface area (Å²) in [5.41, 5.74) is 0.688. The Hall–Kier alpha value is -2.11. The van der Waals surface area contributed by atoms with Gasteiger partial charge in [0, 0.05) is 25.2 Å². The molecule has 0 unspecified atom stereocenters. The predicted octanol–water partition coefficient (Wildman–Crippen LogP) is 1.97. The highest BCUT2D eigenvalue weighted by Crippen LogP contribution is 2.16. The van der Waals surface area contributed by atoms with Gasteiger partial charge in [0.15, 0.2) is 0 Å². The molecule has 0 radical (unpaired) electrons. The minimum Gasteiger partial charge on any atom is -0.481 e. The fourth-order valence-electron chi connectivity index (χ4n) is 1.67. The van der Waals surface area contributed by atoms with Crippen molar-refractivity contribution in [2.75, 3.05) is 18.0 Å². The highest BCUT2D eigenvalue weighted by molar-refractivity contribution is 5.68. The maximum Gasteiger partial charge on any atom is 0.305 e. The average Bonchev–Trinajstić information content (AvgIpc) is 2.34. The number of halogens is 1. The van der Waals surface area contributed by atoms with Gasteiger partial charge >= 0.3 is 11.9 Å². The topological polar surface area (TPSA) is 77.8 Å². The number of anilines is 1. The fraction of sp³-hybridized carbons (Fsp3) is 0.385. The molecule has 6 heteroatoms. The third kappa shape index (κ3) is 5.85. The zero-order valence-corrected chi connectivity index (χ0v) is 10.4. The maximum atomic E-state index is 12.8. The van der Waals surface area contributed by atoms with Crippen molar-refractivity contribution >= 4 is 17.6 Å². The van der Waals surface area contributed by atoms with Crippen LogP contribution in [0.15, 0.2) is 24.3 Å². The van der Waals surface area contributed by atoms with Crippen LogP contribution < -0.4 is 4.90 Å². The molecule has 104 valence electrons. The first-order valence-electron chi connectivity index (χ1n) is 5.93. The van der Waals surface area contributed by atoms with E-state index in [2.05, 4.69) is 0 Å². The van der Waals surface area contributed by atoms with Crippen LogP contribution in [0.4, 0.5) is 10.1 Å². The van der Waals surface area contributed by atoms with E-state index in [4.69, 9.17) is 10.2 Å². The number of rotatable bonds is 8. The standard InChI is InChI=1S/C13H16FNO4/c14-10-3-5-11(6-4-10)15(9-7-13(18)19)8-1-2-12(16)17/h3-6H,1-2,7-9H2,(H,16,17)(H,18,19). The molecular formula is C13H16FNO4. The van der Waals surface area contributed by atoms with Gasteiger partial charge in [-0.3, -0.25) is 9.59 Å². The molecule has 1 rings (SSSR count). The summed E-state index contributed by atoms with van der Waals surface area (Å²) in [5.74, 6) is -2.19. The van der Waals surface area contributed by atoms with Crippen LogP contribution in [-0.4, -0.2) is 35.2 Å². The summed E-state index contributed by atoms with van der Waals surface area (Å²) in [6, 6.07) is 5.69. The lowest BCUT2D eigenvalue weighted by molar-refractivity contribution is -0.138. The first-order valence-corrected chi connectivity index (χ1v) is 5.93. The fourth-order valence-corrected chi connectivity index (χ4v) is 1.67. The number of carboxylic acid groups (broad SMARTS) is 2. The van der Waals surface area contributed by atoms with Gasteiger partial charge in [0.1, 0.15) is 5.82 Å². The molecule has 0 aliphatic rings. The van der Waals surface area contributed by atoms with Crippen molar-refractivity contribution in [1.29, 1.82) is 0 Å². The van der Waals surface area contributed by atoms with Crippen molar-refractivity contribution in [3.63, 3.8) is 0 Å². The SMILES string of the molecule is O=C(O)CCCN(CCC(=O)O)c1ccc(F)cc1. The summed E-state index contributed by atoms with van der Waals surface area (Å²) in [6.07, 6.45) is 0.377. The van der Waals surface area contributed by atoms with Crippen molar-refractivity contribution in [3.05, 3.63) is 30.1 Å². The molecule has 2 N–H and O–H groups in total. The van der Waals surface area contributed by atoms with E-state index in [9.17, 15) is 14.0 Å². The monoisotopic (exact) mass is 269 g/mol. The second-order valence-corrected chi connectivity index (χ2v) is 4.10. The predicted molar refractivity (Wildman–Crippen MR) is 67.7 cm³/mol. The van der Waals surface area contributed by atoms with Crippen molar-refractivity contribution in [1.82, 2.24) is 0 Å². The second-order valence-electron chi connectivity index (χ2n) is 4.10. The van der Waals surface area contributed by atoms with E-state index < -0.39 is 11.9 Å². The van der Waals surface area contributed by atoms with Crippen molar-refractivity contribution in [2.24, 2.45) is 0 Å². The highest BCUT2D eigenvalue weighted by atomic mass is 19.1. The van der Waals surface area contributed by atoms with Gasteiger partial charge in [-0.2, -0.15) is 0 Å². The molecule has 1 aromatic carbocycles. The van der Waals surface area contributed by atoms with E-state index >= 15 is 0 Å². The number of benzene rings is 1. The average molecular weight is 269 g/mol. The molecule has 0 atom stereocenters. The molecule has 0 aromatic heterocycles. The van der Waals surface area contributed by atoms with Gasteiger partial charge in [0.2, 0.25) is 0 Å². The van der Waals surface area contributed by atoms with Crippen LogP contribution >= 0.6 is 0 Å². The second kappa shape index (κ2) is 7.35. The lowest BCUT2D eigenvalue weighted by Gasteiger charge is -2.24. The Morgan fingerprint density at radius 1 is 1.00 bits per heavy atom. The number of hydrogen-bond donors (Lipinski definition) is 2. The minimum atomic E-state index is -0.926. The molecule has 0 saturated heterocycles. The molecule has 0 spiro atoms. The van der Waals surface area contributed by atoms with Crippen molar-refractivity contribution < 1.29 is 24.2 Å². The molecule has 0 aliphatic carbocycles. The summed E-state index contributed by atoms with van der Waals surface area (Å²) in [7, 11) is 0. The maximum absolute atomic E-state index is 12.8. The molecule has 0 fully saturated rings. The van der Waals surface area contributed by atoms with Crippen molar-refractivity contribution in [3.8, 4) is 0 Å². The quantitative estimate of drug-likeness (QED) is 0.754. The van der Waals surface area contributed by atoms with E-state index in [1.54, 1.807) is 17.0 Å². The van der Waals surface area contributed by atoms with Gasteiger partial charge in [0.25, 0.3) is 0 Å². The lowest BCUT2D eigenvalue weighted by atomic mass is 10.2. The number of nitrogens with zero attached hydrogens (tertiary/aromatic N) is 1. The van der Waals surface area contributed by atoms with Crippen LogP contribution in [0.2, 0.25) is 0 Å². The number of aliphatic carboxylic acids is 2. The Morgan fingerprint density at radius 3 is 2.11 bits per heavy atom. The summed E-state index contributed by atoms with van der Waals surface area (Å²) in [4.78, 5) is 22.8. The molecular weight excluding hydrogens is 253 g/mol. The van der Waals surface area contributed by atoms with Gasteiger partial charge in [-0.1, -0.05) is 0 Å². The largest absolute Gasteiger partial charge is 0.481 e. The van der Waals surface area contributed by atoms with E-state index in [1.165, 1.54) is 12.1 Å². The minimum absolute atomic E-state index is 0.0186. The molecule has 0 saturated carbocycles. The van der Waals surface area contributed by atoms with Crippen LogP contribution in [0.1, 0.15) is 19.3 Å². The number of hydrogen-bond acceptors (Lipinski definition) is 3. The third-order valence-electron chi connectivity index (χ3n) is 2.61.